The van der Waals surface area contributed by atoms with Crippen LogP contribution in [0.2, 0.25) is 0 Å². The number of fused-ring (bicyclic) bond motifs is 1. The standard InChI is InChI=1S/C42H58N2O15/c1-41(2,3)58-33(48)15-14-27(21-45)44-32(47)16-17-43-38(52)24-19-29(37-30(20-24)57-42(59-37,25-10-11-25)26-12-13-26)55-39(53)28-9-5-4-7-23(28)8-6-18-54-40-36(51)35(50)34(49)31(22-46)56-40/h4-9,20,25-27,29-31,34-37,40,45-46,49-51H,10-19,21-22H2,1-3H3,(H,43,52)(H,44,47)/t27-,29+,30+,31+,34-,35-,36+,37-,40-/m0/s1. The van der Waals surface area contributed by atoms with E-state index in [0.717, 1.165) is 25.7 Å². The number of hydrogen-bond acceptors (Lipinski definition) is 15. The fraction of sp³-hybridized carbons (Fsp3) is 0.667. The molecule has 17 heteroatoms. The molecule has 9 atom stereocenters. The van der Waals surface area contributed by atoms with Gasteiger partial charge in [-0.05, 0) is 70.6 Å². The summed E-state index contributed by atoms with van der Waals surface area (Å²) in [4.78, 5) is 52.3. The summed E-state index contributed by atoms with van der Waals surface area (Å²) in [6.07, 6.45) is -0.423. The number of benzene rings is 1. The van der Waals surface area contributed by atoms with Gasteiger partial charge in [-0.25, -0.2) is 4.79 Å². The molecule has 17 nitrogen and oxygen atoms in total. The largest absolute Gasteiger partial charge is 0.460 e. The molecule has 0 unspecified atom stereocenters. The number of aliphatic hydroxyl groups excluding tert-OH is 5. The number of amides is 2. The summed E-state index contributed by atoms with van der Waals surface area (Å²) in [7, 11) is 0. The Hall–Kier alpha value is -3.78. The van der Waals surface area contributed by atoms with Crippen molar-refractivity contribution < 1.29 is 73.1 Å². The van der Waals surface area contributed by atoms with Crippen molar-refractivity contribution in [2.24, 2.45) is 11.8 Å². The van der Waals surface area contributed by atoms with Crippen LogP contribution in [0.3, 0.4) is 0 Å². The minimum absolute atomic E-state index is 0.0158. The van der Waals surface area contributed by atoms with Crippen molar-refractivity contribution in [1.29, 1.82) is 0 Å². The van der Waals surface area contributed by atoms with Gasteiger partial charge in [0.1, 0.15) is 48.3 Å². The van der Waals surface area contributed by atoms with Gasteiger partial charge in [-0.15, -0.1) is 0 Å². The highest BCUT2D eigenvalue weighted by Gasteiger charge is 2.64. The molecule has 2 amide bonds. The van der Waals surface area contributed by atoms with E-state index in [0.29, 0.717) is 11.1 Å². The molecular weight excluding hydrogens is 772 g/mol. The van der Waals surface area contributed by atoms with Crippen molar-refractivity contribution in [1.82, 2.24) is 10.6 Å². The maximum Gasteiger partial charge on any atom is 0.339 e. The van der Waals surface area contributed by atoms with E-state index in [-0.39, 0.29) is 62.8 Å². The number of esters is 2. The lowest BCUT2D eigenvalue weighted by atomic mass is 9.91. The highest BCUT2D eigenvalue weighted by atomic mass is 16.8. The second-order valence-electron chi connectivity index (χ2n) is 16.9. The average molecular weight is 831 g/mol. The van der Waals surface area contributed by atoms with Crippen molar-refractivity contribution in [2.75, 3.05) is 26.4 Å². The fourth-order valence-electron chi connectivity index (χ4n) is 7.73. The Kier molecular flexibility index (Phi) is 14.6. The van der Waals surface area contributed by atoms with Gasteiger partial charge in [0.25, 0.3) is 0 Å². The number of aliphatic hydroxyl groups is 5. The summed E-state index contributed by atoms with van der Waals surface area (Å²) < 4.78 is 35.7. The molecule has 326 valence electrons. The van der Waals surface area contributed by atoms with E-state index in [9.17, 15) is 44.7 Å². The number of hydrogen-bond donors (Lipinski definition) is 7. The lowest BCUT2D eigenvalue weighted by Crippen LogP contribution is -2.59. The van der Waals surface area contributed by atoms with Crippen LogP contribution >= 0.6 is 0 Å². The Bertz CT molecular complexity index is 1700. The van der Waals surface area contributed by atoms with E-state index in [1.165, 1.54) is 0 Å². The van der Waals surface area contributed by atoms with Gasteiger partial charge in [-0.2, -0.15) is 0 Å². The average Bonchev–Trinajstić information content (AvgIpc) is 4.15. The maximum atomic E-state index is 13.9. The molecule has 0 spiro atoms. The van der Waals surface area contributed by atoms with E-state index in [1.54, 1.807) is 63.3 Å². The summed E-state index contributed by atoms with van der Waals surface area (Å²) in [6.45, 7) is 4.16. The van der Waals surface area contributed by atoms with Gasteiger partial charge in [-0.1, -0.05) is 30.4 Å². The van der Waals surface area contributed by atoms with Crippen molar-refractivity contribution in [2.45, 2.75) is 139 Å². The van der Waals surface area contributed by atoms with Gasteiger partial charge in [0.15, 0.2) is 12.1 Å². The zero-order chi connectivity index (χ0) is 42.5. The predicted molar refractivity (Wildman–Crippen MR) is 207 cm³/mol. The Morgan fingerprint density at radius 3 is 2.34 bits per heavy atom. The first-order chi connectivity index (χ1) is 28.1. The topological polar surface area (TPSA) is 249 Å². The number of ether oxygens (including phenoxy) is 6. The fourth-order valence-corrected chi connectivity index (χ4v) is 7.73. The summed E-state index contributed by atoms with van der Waals surface area (Å²) in [5.74, 6) is -2.36. The third kappa shape index (κ3) is 11.3. The van der Waals surface area contributed by atoms with Gasteiger partial charge in [0.05, 0.1) is 31.4 Å². The molecule has 0 aromatic heterocycles. The Balaban J connectivity index is 1.07. The molecule has 0 radical (unpaired) electrons. The highest BCUT2D eigenvalue weighted by molar-refractivity contribution is 5.95. The minimum Gasteiger partial charge on any atom is -0.460 e. The third-order valence-electron chi connectivity index (χ3n) is 11.0. The molecule has 1 aromatic rings. The van der Waals surface area contributed by atoms with Gasteiger partial charge in [-0.3, -0.25) is 14.4 Å². The van der Waals surface area contributed by atoms with E-state index < -0.39 is 96.8 Å². The predicted octanol–water partition coefficient (Wildman–Crippen LogP) is 0.777. The molecule has 1 aromatic carbocycles. The Labute approximate surface area is 343 Å². The number of carbonyl (C=O) groups excluding carboxylic acids is 4. The molecule has 3 aliphatic carbocycles. The number of rotatable bonds is 18. The normalized spacial score (nSPS) is 29.6. The lowest BCUT2D eigenvalue weighted by Gasteiger charge is -2.39. The third-order valence-corrected chi connectivity index (χ3v) is 11.0. The highest BCUT2D eigenvalue weighted by Crippen LogP contribution is 2.59. The second kappa shape index (κ2) is 19.3. The van der Waals surface area contributed by atoms with Crippen LogP contribution in [0, 0.1) is 11.8 Å². The Morgan fingerprint density at radius 2 is 1.68 bits per heavy atom. The van der Waals surface area contributed by atoms with Crippen LogP contribution < -0.4 is 10.6 Å². The van der Waals surface area contributed by atoms with Crippen LogP contribution in [0.15, 0.2) is 42.0 Å². The zero-order valence-electron chi connectivity index (χ0n) is 33.7. The van der Waals surface area contributed by atoms with Gasteiger partial charge >= 0.3 is 11.9 Å². The summed E-state index contributed by atoms with van der Waals surface area (Å²) in [5.41, 5.74) is 0.377. The summed E-state index contributed by atoms with van der Waals surface area (Å²) in [5, 5.41) is 55.0. The number of nitrogens with one attached hydrogen (secondary N) is 2. The first-order valence-corrected chi connectivity index (χ1v) is 20.5. The molecule has 2 saturated heterocycles. The van der Waals surface area contributed by atoms with E-state index in [4.69, 9.17) is 28.4 Å². The van der Waals surface area contributed by atoms with Crippen LogP contribution in [-0.4, -0.2) is 142 Å². The first-order valence-electron chi connectivity index (χ1n) is 20.5. The molecule has 6 rings (SSSR count). The van der Waals surface area contributed by atoms with Crippen LogP contribution in [-0.2, 0) is 42.8 Å². The van der Waals surface area contributed by atoms with Crippen LogP contribution in [0.5, 0.6) is 0 Å². The monoisotopic (exact) mass is 830 g/mol. The Morgan fingerprint density at radius 1 is 0.966 bits per heavy atom. The zero-order valence-corrected chi connectivity index (χ0v) is 33.7. The summed E-state index contributed by atoms with van der Waals surface area (Å²) in [6, 6.07) is 6.05. The van der Waals surface area contributed by atoms with Gasteiger partial charge in [0.2, 0.25) is 11.8 Å². The SMILES string of the molecule is CC(C)(C)OC(=O)CC[C@@H](CO)NC(=O)CCNC(=O)C1=C[C@H]2OC(C3CC3)(C3CC3)O[C@H]2[C@H](OC(=O)c2ccccc2C=CCO[C@H]2O[C@H](CO)[C@H](O)[C@H](O)[C@H]2O)C1. The van der Waals surface area contributed by atoms with E-state index in [1.807, 2.05) is 0 Å². The lowest BCUT2D eigenvalue weighted by molar-refractivity contribution is -0.298. The maximum absolute atomic E-state index is 13.9. The minimum atomic E-state index is -1.58. The second-order valence-corrected chi connectivity index (χ2v) is 16.9. The van der Waals surface area contributed by atoms with Crippen molar-refractivity contribution >= 4 is 29.8 Å². The summed E-state index contributed by atoms with van der Waals surface area (Å²) >= 11 is 0. The van der Waals surface area contributed by atoms with E-state index in [2.05, 4.69) is 10.6 Å². The van der Waals surface area contributed by atoms with Gasteiger partial charge in [0, 0.05) is 43.2 Å². The molecule has 4 fully saturated rings. The van der Waals surface area contributed by atoms with Crippen LogP contribution in [0.1, 0.15) is 88.1 Å². The van der Waals surface area contributed by atoms with E-state index >= 15 is 0 Å². The molecule has 2 saturated carbocycles. The molecule has 59 heavy (non-hydrogen) atoms. The van der Waals surface area contributed by atoms with Crippen molar-refractivity contribution in [3.05, 3.63) is 53.1 Å². The molecular formula is C42H58N2O15. The van der Waals surface area contributed by atoms with Gasteiger partial charge < -0.3 is 64.6 Å². The molecule has 2 heterocycles. The van der Waals surface area contributed by atoms with Crippen molar-refractivity contribution in [3.63, 3.8) is 0 Å². The molecule has 7 N–H and O–H groups in total. The number of carbonyl (C=O) groups is 4. The van der Waals surface area contributed by atoms with Crippen LogP contribution in [0.25, 0.3) is 6.08 Å². The van der Waals surface area contributed by atoms with Crippen LogP contribution in [0.4, 0.5) is 0 Å². The van der Waals surface area contributed by atoms with Crippen molar-refractivity contribution in [3.8, 4) is 0 Å². The molecule has 5 aliphatic rings. The molecule has 2 aliphatic heterocycles. The quantitative estimate of drug-likeness (QED) is 0.101. The smallest absolute Gasteiger partial charge is 0.339 e. The molecule has 0 bridgehead atoms. The first kappa shape index (κ1) is 44.8.